The molecule has 1 aromatic rings. The monoisotopic (exact) mass is 420 g/mol. The molecular formula is C16H18Cl3F3O3. The molecule has 0 aliphatic rings. The van der Waals surface area contributed by atoms with Crippen LogP contribution in [-0.4, -0.2) is 31.1 Å². The second kappa shape index (κ2) is 11.0. The Kier molecular flexibility index (Phi) is 9.79. The van der Waals surface area contributed by atoms with E-state index in [2.05, 4.69) is 0 Å². The number of phenols is 1. The summed E-state index contributed by atoms with van der Waals surface area (Å²) in [6.07, 6.45) is -1.19. The molecule has 1 aromatic carbocycles. The van der Waals surface area contributed by atoms with Crippen molar-refractivity contribution in [2.45, 2.75) is 31.9 Å². The van der Waals surface area contributed by atoms with Crippen LogP contribution >= 0.6 is 34.8 Å². The Morgan fingerprint density at radius 3 is 2.24 bits per heavy atom. The van der Waals surface area contributed by atoms with Gasteiger partial charge in [0.1, 0.15) is 10.8 Å². The van der Waals surface area contributed by atoms with Gasteiger partial charge in [0, 0.05) is 18.7 Å². The highest BCUT2D eigenvalue weighted by Crippen LogP contribution is 2.36. The van der Waals surface area contributed by atoms with Crippen LogP contribution in [0.4, 0.5) is 13.2 Å². The lowest BCUT2D eigenvalue weighted by Crippen LogP contribution is -2.07. The molecule has 0 amide bonds. The van der Waals surface area contributed by atoms with Crippen molar-refractivity contribution < 1.29 is 27.8 Å². The number of alkyl halides is 3. The molecule has 0 unspecified atom stereocenters. The fourth-order valence-electron chi connectivity index (χ4n) is 1.83. The Labute approximate surface area is 159 Å². The zero-order chi connectivity index (χ0) is 18.9. The predicted molar refractivity (Wildman–Crippen MR) is 92.9 cm³/mol. The van der Waals surface area contributed by atoms with Gasteiger partial charge in [-0.1, -0.05) is 40.9 Å². The van der Waals surface area contributed by atoms with Crippen LogP contribution in [0.25, 0.3) is 0 Å². The minimum Gasteiger partial charge on any atom is -0.508 e. The molecule has 0 aliphatic heterocycles. The van der Waals surface area contributed by atoms with E-state index in [1.165, 1.54) is 12.1 Å². The Hall–Kier alpha value is -0.820. The van der Waals surface area contributed by atoms with Gasteiger partial charge in [0.25, 0.3) is 0 Å². The van der Waals surface area contributed by atoms with Gasteiger partial charge in [-0.15, -0.1) is 0 Å². The highest BCUT2D eigenvalue weighted by molar-refractivity contribution is 6.37. The smallest absolute Gasteiger partial charge is 0.426 e. The lowest BCUT2D eigenvalue weighted by Gasteiger charge is -2.10. The van der Waals surface area contributed by atoms with Gasteiger partial charge < -0.3 is 14.6 Å². The van der Waals surface area contributed by atoms with Crippen LogP contribution in [0.1, 0.15) is 25.7 Å². The van der Waals surface area contributed by atoms with Crippen LogP contribution < -0.4 is 4.74 Å². The van der Waals surface area contributed by atoms with Gasteiger partial charge >= 0.3 is 6.18 Å². The number of ether oxygens (including phenoxy) is 2. The van der Waals surface area contributed by atoms with Gasteiger partial charge in [-0.05, 0) is 25.7 Å². The van der Waals surface area contributed by atoms with Crippen LogP contribution in [0, 0.1) is 0 Å². The molecule has 0 fully saturated rings. The molecular weight excluding hydrogens is 404 g/mol. The van der Waals surface area contributed by atoms with Crippen molar-refractivity contribution in [1.82, 2.24) is 0 Å². The third-order valence-electron chi connectivity index (χ3n) is 3.02. The maximum Gasteiger partial charge on any atom is 0.426 e. The molecule has 1 N–H and O–H groups in total. The number of halogens is 6. The summed E-state index contributed by atoms with van der Waals surface area (Å²) < 4.78 is 47.0. The molecule has 0 saturated carbocycles. The first-order chi connectivity index (χ1) is 11.7. The number of hydrogen-bond donors (Lipinski definition) is 1. The van der Waals surface area contributed by atoms with Crippen LogP contribution in [0.15, 0.2) is 23.2 Å². The van der Waals surface area contributed by atoms with E-state index in [4.69, 9.17) is 44.3 Å². The van der Waals surface area contributed by atoms with Crippen LogP contribution in [0.3, 0.4) is 0 Å². The zero-order valence-corrected chi connectivity index (χ0v) is 15.5. The number of aromatic hydroxyl groups is 1. The third kappa shape index (κ3) is 8.90. The Bertz CT molecular complexity index is 554. The summed E-state index contributed by atoms with van der Waals surface area (Å²) >= 11 is 16.9. The zero-order valence-electron chi connectivity index (χ0n) is 13.2. The van der Waals surface area contributed by atoms with Crippen molar-refractivity contribution in [3.8, 4) is 11.5 Å². The molecule has 0 bridgehead atoms. The second-order valence-electron chi connectivity index (χ2n) is 5.10. The quantitative estimate of drug-likeness (QED) is 0.448. The van der Waals surface area contributed by atoms with E-state index in [9.17, 15) is 18.3 Å². The van der Waals surface area contributed by atoms with Crippen LogP contribution in [0.2, 0.25) is 10.0 Å². The standard InChI is InChI=1S/C16H18Cl3F3O3/c17-12-9-11(23)10-13(18)15(12)25-8-3-1-2-6-24-7-4-5-14(19)16(20,21)22/h5,9-10,23H,1-4,6-8H2. The first kappa shape index (κ1) is 22.2. The summed E-state index contributed by atoms with van der Waals surface area (Å²) in [7, 11) is 0. The molecule has 0 aromatic heterocycles. The summed E-state index contributed by atoms with van der Waals surface area (Å²) in [5.74, 6) is 0.288. The van der Waals surface area contributed by atoms with E-state index in [0.29, 0.717) is 19.0 Å². The molecule has 0 saturated heterocycles. The normalized spacial score (nSPS) is 12.5. The van der Waals surface area contributed by atoms with Crippen molar-refractivity contribution in [2.75, 3.05) is 19.8 Å². The lowest BCUT2D eigenvalue weighted by atomic mass is 10.2. The van der Waals surface area contributed by atoms with Gasteiger partial charge in [0.15, 0.2) is 5.75 Å². The molecule has 3 nitrogen and oxygen atoms in total. The fourth-order valence-corrected chi connectivity index (χ4v) is 2.52. The molecule has 1 rings (SSSR count). The predicted octanol–water partition coefficient (Wildman–Crippen LogP) is 6.34. The van der Waals surface area contributed by atoms with E-state index < -0.39 is 11.2 Å². The highest BCUT2D eigenvalue weighted by atomic mass is 35.5. The molecule has 142 valence electrons. The Morgan fingerprint density at radius 2 is 1.64 bits per heavy atom. The molecule has 25 heavy (non-hydrogen) atoms. The molecule has 0 spiro atoms. The second-order valence-corrected chi connectivity index (χ2v) is 6.32. The van der Waals surface area contributed by atoms with E-state index >= 15 is 0 Å². The average Bonchev–Trinajstić information content (AvgIpc) is 2.49. The minimum atomic E-state index is -4.50. The first-order valence-electron chi connectivity index (χ1n) is 7.53. The summed E-state index contributed by atoms with van der Waals surface area (Å²) in [6.45, 7) is 1.02. The topological polar surface area (TPSA) is 38.7 Å². The van der Waals surface area contributed by atoms with Crippen molar-refractivity contribution in [3.05, 3.63) is 33.3 Å². The number of phenolic OH excluding ortho intramolecular Hbond substituents is 1. The molecule has 0 atom stereocenters. The third-order valence-corrected chi connectivity index (χ3v) is 3.95. The molecule has 0 radical (unpaired) electrons. The number of unbranched alkanes of at least 4 members (excludes halogenated alkanes) is 2. The van der Waals surface area contributed by atoms with E-state index in [0.717, 1.165) is 25.3 Å². The van der Waals surface area contributed by atoms with E-state index in [-0.39, 0.29) is 28.8 Å². The van der Waals surface area contributed by atoms with Crippen molar-refractivity contribution in [1.29, 1.82) is 0 Å². The van der Waals surface area contributed by atoms with Crippen molar-refractivity contribution in [2.24, 2.45) is 0 Å². The van der Waals surface area contributed by atoms with E-state index in [1.54, 1.807) is 0 Å². The number of rotatable bonds is 10. The number of hydrogen-bond acceptors (Lipinski definition) is 3. The summed E-state index contributed by atoms with van der Waals surface area (Å²) in [5, 5.41) is 8.66. The van der Waals surface area contributed by atoms with Crippen LogP contribution in [0.5, 0.6) is 11.5 Å². The van der Waals surface area contributed by atoms with E-state index in [1.807, 2.05) is 0 Å². The SMILES string of the molecule is Oc1cc(Cl)c(OCCCCCOCCC=C(Cl)C(F)(F)F)c(Cl)c1. The van der Waals surface area contributed by atoms with Crippen molar-refractivity contribution >= 4 is 34.8 Å². The maximum atomic E-state index is 12.1. The fraction of sp³-hybridized carbons (Fsp3) is 0.500. The van der Waals surface area contributed by atoms with Crippen LogP contribution in [-0.2, 0) is 4.74 Å². The van der Waals surface area contributed by atoms with Gasteiger partial charge in [-0.25, -0.2) is 0 Å². The molecule has 0 aliphatic carbocycles. The first-order valence-corrected chi connectivity index (χ1v) is 8.66. The highest BCUT2D eigenvalue weighted by Gasteiger charge is 2.31. The average molecular weight is 422 g/mol. The molecule has 0 heterocycles. The van der Waals surface area contributed by atoms with Gasteiger partial charge in [-0.2, -0.15) is 13.2 Å². The van der Waals surface area contributed by atoms with Crippen molar-refractivity contribution in [3.63, 3.8) is 0 Å². The summed E-state index contributed by atoms with van der Waals surface area (Å²) in [6, 6.07) is 2.69. The van der Waals surface area contributed by atoms with Gasteiger partial charge in [0.2, 0.25) is 0 Å². The minimum absolute atomic E-state index is 0.0362. The Balaban J connectivity index is 2.08. The summed E-state index contributed by atoms with van der Waals surface area (Å²) in [4.78, 5) is 0. The van der Waals surface area contributed by atoms with Gasteiger partial charge in [0.05, 0.1) is 23.3 Å². The number of allylic oxidation sites excluding steroid dienone is 1. The summed E-state index contributed by atoms with van der Waals surface area (Å²) in [5.41, 5.74) is 0. The van der Waals surface area contributed by atoms with Gasteiger partial charge in [-0.3, -0.25) is 0 Å². The Morgan fingerprint density at radius 1 is 1.04 bits per heavy atom. The molecule has 9 heteroatoms. The number of benzene rings is 1. The largest absolute Gasteiger partial charge is 0.508 e. The lowest BCUT2D eigenvalue weighted by molar-refractivity contribution is -0.0848. The maximum absolute atomic E-state index is 12.1.